The van der Waals surface area contributed by atoms with Gasteiger partial charge in [0, 0.05) is 19.8 Å². The molecule has 0 aromatic heterocycles. The first-order valence-electron chi connectivity index (χ1n) is 7.00. The third kappa shape index (κ3) is 2.82. The molecule has 0 bridgehead atoms. The Balaban J connectivity index is 3.16. The summed E-state index contributed by atoms with van der Waals surface area (Å²) in [5, 5.41) is 17.1. The number of quaternary nitrogens is 1. The van der Waals surface area contributed by atoms with Crippen molar-refractivity contribution >= 4 is 11.7 Å². The Morgan fingerprint density at radius 2 is 2.05 bits per heavy atom. The second-order valence-corrected chi connectivity index (χ2v) is 6.08. The largest absolute Gasteiger partial charge is 0.633 e. The van der Waals surface area contributed by atoms with Crippen molar-refractivity contribution in [2.45, 2.75) is 71.9 Å². The van der Waals surface area contributed by atoms with Gasteiger partial charge in [-0.25, -0.2) is 4.79 Å². The van der Waals surface area contributed by atoms with Crippen LogP contribution in [-0.2, 0) is 9.63 Å². The number of hydrogen-bond donors (Lipinski definition) is 1. The highest BCUT2D eigenvalue weighted by atomic mass is 16.7. The minimum absolute atomic E-state index is 0.00368. The molecule has 5 heteroatoms. The molecule has 0 aliphatic carbocycles. The molecule has 0 amide bonds. The van der Waals surface area contributed by atoms with E-state index in [1.165, 1.54) is 6.92 Å². The van der Waals surface area contributed by atoms with Gasteiger partial charge in [0.25, 0.3) is 0 Å². The van der Waals surface area contributed by atoms with Gasteiger partial charge in [-0.1, -0.05) is 25.9 Å². The summed E-state index contributed by atoms with van der Waals surface area (Å²) in [5.41, 5.74) is -0.0124. The van der Waals surface area contributed by atoms with Crippen LogP contribution in [0.4, 0.5) is 0 Å². The zero-order valence-corrected chi connectivity index (χ0v) is 12.9. The van der Waals surface area contributed by atoms with Crippen molar-refractivity contribution in [3.8, 4) is 0 Å². The van der Waals surface area contributed by atoms with Crippen LogP contribution in [-0.4, -0.2) is 22.8 Å². The zero-order chi connectivity index (χ0) is 14.8. The van der Waals surface area contributed by atoms with Crippen molar-refractivity contribution in [1.82, 2.24) is 0 Å². The van der Waals surface area contributed by atoms with Gasteiger partial charge in [-0.15, -0.1) is 0 Å². The van der Waals surface area contributed by atoms with Gasteiger partial charge in [0.1, 0.15) is 11.1 Å². The highest BCUT2D eigenvalue weighted by Crippen LogP contribution is 2.31. The first-order valence-corrected chi connectivity index (χ1v) is 7.00. The van der Waals surface area contributed by atoms with Crippen molar-refractivity contribution in [2.75, 3.05) is 0 Å². The van der Waals surface area contributed by atoms with Crippen molar-refractivity contribution in [1.29, 1.82) is 0 Å². The fourth-order valence-electron chi connectivity index (χ4n) is 2.87. The molecule has 1 saturated heterocycles. The topological polar surface area (TPSA) is 66.2 Å². The number of carbonyl (C=O) groups excluding carboxylic acids is 1. The molecule has 5 nitrogen and oxygen atoms in total. The predicted molar refractivity (Wildman–Crippen MR) is 74.7 cm³/mol. The van der Waals surface area contributed by atoms with Gasteiger partial charge in [-0.05, 0) is 20.3 Å². The van der Waals surface area contributed by atoms with E-state index in [1.54, 1.807) is 0 Å². The van der Waals surface area contributed by atoms with E-state index in [9.17, 15) is 10.0 Å². The van der Waals surface area contributed by atoms with Crippen LogP contribution in [0.15, 0.2) is 5.16 Å². The minimum atomic E-state index is -0.429. The van der Waals surface area contributed by atoms with E-state index in [-0.39, 0.29) is 5.92 Å². The molecule has 4 unspecified atom stereocenters. The molecular weight excluding hydrogens is 244 g/mol. The number of hydrogen-bond acceptors (Lipinski definition) is 4. The molecule has 0 aromatic rings. The van der Waals surface area contributed by atoms with Crippen molar-refractivity contribution in [3.63, 3.8) is 0 Å². The molecule has 1 aliphatic rings. The predicted octanol–water partition coefficient (Wildman–Crippen LogP) is 1.67. The van der Waals surface area contributed by atoms with E-state index < -0.39 is 17.0 Å². The maximum atomic E-state index is 12.8. The molecule has 0 spiro atoms. The van der Waals surface area contributed by atoms with Gasteiger partial charge in [0.15, 0.2) is 0 Å². The van der Waals surface area contributed by atoms with Gasteiger partial charge < -0.3 is 15.1 Å². The number of nitrogens with zero attached hydrogens (tertiary/aromatic N) is 1. The average molecular weight is 270 g/mol. The molecule has 1 N–H and O–H groups in total. The van der Waals surface area contributed by atoms with Crippen molar-refractivity contribution in [2.24, 2.45) is 11.1 Å². The summed E-state index contributed by atoms with van der Waals surface area (Å²) in [6, 6.07) is 0. The van der Waals surface area contributed by atoms with Gasteiger partial charge in [-0.3, -0.25) is 0 Å². The molecule has 110 valence electrons. The van der Waals surface area contributed by atoms with Gasteiger partial charge in [0.2, 0.25) is 0 Å². The fourth-order valence-corrected chi connectivity index (χ4v) is 2.87. The van der Waals surface area contributed by atoms with Gasteiger partial charge >= 0.3 is 5.97 Å². The molecule has 0 saturated carbocycles. The molecule has 4 atom stereocenters. The smallest absolute Gasteiger partial charge is 0.331 e. The Labute approximate surface area is 115 Å². The van der Waals surface area contributed by atoms with E-state index in [0.29, 0.717) is 11.5 Å². The number of oxime groups is 1. The summed E-state index contributed by atoms with van der Waals surface area (Å²) in [5.74, 6) is -0.419. The molecular formula is C14H26N2O3. The van der Waals surface area contributed by atoms with Gasteiger partial charge in [-0.2, -0.15) is 0 Å². The lowest BCUT2D eigenvalue weighted by atomic mass is 9.70. The maximum Gasteiger partial charge on any atom is 0.331 e. The number of hydroxylamine groups is 2. The van der Waals surface area contributed by atoms with Crippen LogP contribution in [0.3, 0.4) is 0 Å². The number of nitrogens with one attached hydrogen (secondary N) is 1. The quantitative estimate of drug-likeness (QED) is 0.482. The number of rotatable bonds is 3. The molecule has 1 heterocycles. The van der Waals surface area contributed by atoms with Gasteiger partial charge in [0.05, 0.1) is 11.6 Å². The summed E-state index contributed by atoms with van der Waals surface area (Å²) < 4.78 is 0. The Kier molecular flexibility index (Phi) is 4.74. The summed E-state index contributed by atoms with van der Waals surface area (Å²) >= 11 is 0. The lowest BCUT2D eigenvalue weighted by Crippen LogP contribution is -3.25. The third-order valence-corrected chi connectivity index (χ3v) is 4.90. The van der Waals surface area contributed by atoms with Crippen LogP contribution in [0, 0.1) is 11.1 Å². The van der Waals surface area contributed by atoms with Crippen LogP contribution >= 0.6 is 0 Å². The summed E-state index contributed by atoms with van der Waals surface area (Å²) in [7, 11) is 0. The summed E-state index contributed by atoms with van der Waals surface area (Å²) in [6.45, 7) is 11.4. The minimum Gasteiger partial charge on any atom is -0.633 e. The first kappa shape index (κ1) is 16.1. The number of piperidine rings is 1. The van der Waals surface area contributed by atoms with E-state index >= 15 is 0 Å². The molecule has 1 aliphatic heterocycles. The second-order valence-electron chi connectivity index (χ2n) is 6.08. The zero-order valence-electron chi connectivity index (χ0n) is 12.9. The van der Waals surface area contributed by atoms with Crippen molar-refractivity contribution in [3.05, 3.63) is 5.21 Å². The Morgan fingerprint density at radius 3 is 2.47 bits per heavy atom. The Morgan fingerprint density at radius 1 is 1.47 bits per heavy atom. The SMILES string of the molecule is CCC1(C)CC(=NOC(C)=O)C(C)C(C)(CC)[NH+]1[O-]. The standard InChI is InChI=1S/C14H26N2O3/c1-7-13(5)9-12(15-19-11(4)17)10(3)14(6,8-2)16(13)18/h10,16H,7-9H2,1-6H3. The maximum absolute atomic E-state index is 12.8. The molecule has 1 rings (SSSR count). The fraction of sp³-hybridized carbons (Fsp3) is 0.857. The van der Waals surface area contributed by atoms with E-state index in [4.69, 9.17) is 4.84 Å². The van der Waals surface area contributed by atoms with Crippen LogP contribution in [0.2, 0.25) is 0 Å². The molecule has 1 fully saturated rings. The first-order chi connectivity index (χ1) is 8.71. The van der Waals surface area contributed by atoms with E-state index in [2.05, 4.69) is 5.16 Å². The van der Waals surface area contributed by atoms with E-state index in [0.717, 1.165) is 18.6 Å². The highest BCUT2D eigenvalue weighted by molar-refractivity contribution is 5.89. The van der Waals surface area contributed by atoms with Crippen LogP contribution in [0.1, 0.15) is 60.8 Å². The Bertz CT molecular complexity index is 383. The average Bonchev–Trinajstić information content (AvgIpc) is 2.39. The second kappa shape index (κ2) is 5.59. The van der Waals surface area contributed by atoms with Crippen molar-refractivity contribution < 1.29 is 14.7 Å². The summed E-state index contributed by atoms with van der Waals surface area (Å²) in [6.07, 6.45) is 2.11. The summed E-state index contributed by atoms with van der Waals surface area (Å²) in [4.78, 5) is 15.7. The lowest BCUT2D eigenvalue weighted by molar-refractivity contribution is -0.959. The van der Waals surface area contributed by atoms with Crippen LogP contribution < -0.4 is 5.06 Å². The Hall–Kier alpha value is -0.940. The normalized spacial score (nSPS) is 41.3. The third-order valence-electron chi connectivity index (χ3n) is 4.90. The molecule has 19 heavy (non-hydrogen) atoms. The van der Waals surface area contributed by atoms with Crippen LogP contribution in [0.25, 0.3) is 0 Å². The highest BCUT2D eigenvalue weighted by Gasteiger charge is 2.52. The monoisotopic (exact) mass is 270 g/mol. The molecule has 0 radical (unpaired) electrons. The molecule has 0 aromatic carbocycles. The number of carbonyl (C=O) groups is 1. The lowest BCUT2D eigenvalue weighted by Gasteiger charge is -2.57. The van der Waals surface area contributed by atoms with Crippen LogP contribution in [0.5, 0.6) is 0 Å². The van der Waals surface area contributed by atoms with E-state index in [1.807, 2.05) is 34.6 Å².